The minimum Gasteiger partial charge on any atom is -0.339 e. The molecular formula is C15H24BrN3O. The standard InChI is InChI=1S/C15H24BrN3O/c1-4-18(5-2)11-8-12-19(6-3)15(20)13-9-7-10-17-14(13)16/h7,9-10H,4-6,8,11-12H2,1-3H3. The Morgan fingerprint density at radius 3 is 2.45 bits per heavy atom. The van der Waals surface area contributed by atoms with Gasteiger partial charge in [-0.3, -0.25) is 4.79 Å². The lowest BCUT2D eigenvalue weighted by Crippen LogP contribution is -2.34. The lowest BCUT2D eigenvalue weighted by molar-refractivity contribution is 0.0756. The van der Waals surface area contributed by atoms with Gasteiger partial charge in [-0.15, -0.1) is 0 Å². The summed E-state index contributed by atoms with van der Waals surface area (Å²) in [7, 11) is 0. The van der Waals surface area contributed by atoms with Gasteiger partial charge in [-0.25, -0.2) is 4.98 Å². The molecule has 0 aliphatic heterocycles. The fraction of sp³-hybridized carbons (Fsp3) is 0.600. The molecule has 0 spiro atoms. The first-order valence-electron chi connectivity index (χ1n) is 7.26. The molecule has 0 fully saturated rings. The number of carbonyl (C=O) groups is 1. The number of amides is 1. The van der Waals surface area contributed by atoms with Crippen LogP contribution in [0.1, 0.15) is 37.6 Å². The summed E-state index contributed by atoms with van der Waals surface area (Å²) in [6, 6.07) is 3.61. The van der Waals surface area contributed by atoms with Gasteiger partial charge in [0.05, 0.1) is 5.56 Å². The second kappa shape index (κ2) is 9.08. The zero-order valence-corrected chi connectivity index (χ0v) is 14.2. The first kappa shape index (κ1) is 17.1. The Hall–Kier alpha value is -0.940. The summed E-state index contributed by atoms with van der Waals surface area (Å²) in [6.07, 6.45) is 2.68. The van der Waals surface area contributed by atoms with Gasteiger partial charge < -0.3 is 9.80 Å². The second-order valence-electron chi connectivity index (χ2n) is 4.61. The van der Waals surface area contributed by atoms with E-state index in [9.17, 15) is 4.79 Å². The second-order valence-corrected chi connectivity index (χ2v) is 5.36. The van der Waals surface area contributed by atoms with Gasteiger partial charge in [0.25, 0.3) is 5.91 Å². The fourth-order valence-corrected chi connectivity index (χ4v) is 2.56. The van der Waals surface area contributed by atoms with Crippen molar-refractivity contribution in [3.63, 3.8) is 0 Å². The maximum Gasteiger partial charge on any atom is 0.256 e. The number of hydrogen-bond acceptors (Lipinski definition) is 3. The number of pyridine rings is 1. The highest BCUT2D eigenvalue weighted by Crippen LogP contribution is 2.15. The van der Waals surface area contributed by atoms with E-state index >= 15 is 0 Å². The van der Waals surface area contributed by atoms with E-state index in [1.54, 1.807) is 12.3 Å². The molecule has 0 atom stereocenters. The zero-order chi connectivity index (χ0) is 15.0. The van der Waals surface area contributed by atoms with Crippen molar-refractivity contribution in [2.45, 2.75) is 27.2 Å². The van der Waals surface area contributed by atoms with E-state index in [2.05, 4.69) is 39.7 Å². The van der Waals surface area contributed by atoms with E-state index in [-0.39, 0.29) is 5.91 Å². The first-order chi connectivity index (χ1) is 9.63. The highest BCUT2D eigenvalue weighted by molar-refractivity contribution is 9.10. The molecular weight excluding hydrogens is 318 g/mol. The van der Waals surface area contributed by atoms with Gasteiger partial charge in [0.15, 0.2) is 0 Å². The van der Waals surface area contributed by atoms with Crippen LogP contribution in [0.25, 0.3) is 0 Å². The number of nitrogens with zero attached hydrogens (tertiary/aromatic N) is 3. The summed E-state index contributed by atoms with van der Waals surface area (Å²) >= 11 is 3.34. The van der Waals surface area contributed by atoms with E-state index in [0.717, 1.165) is 39.1 Å². The quantitative estimate of drug-likeness (QED) is 0.682. The molecule has 0 aromatic carbocycles. The minimum atomic E-state index is 0.0482. The molecule has 4 nitrogen and oxygen atoms in total. The predicted molar refractivity (Wildman–Crippen MR) is 85.9 cm³/mol. The molecule has 20 heavy (non-hydrogen) atoms. The summed E-state index contributed by atoms with van der Waals surface area (Å²) in [5.41, 5.74) is 0.636. The van der Waals surface area contributed by atoms with Crippen molar-refractivity contribution >= 4 is 21.8 Å². The minimum absolute atomic E-state index is 0.0482. The van der Waals surface area contributed by atoms with Crippen LogP contribution in [0.5, 0.6) is 0 Å². The monoisotopic (exact) mass is 341 g/mol. The first-order valence-corrected chi connectivity index (χ1v) is 8.05. The molecule has 1 amide bonds. The van der Waals surface area contributed by atoms with Gasteiger partial charge in [0, 0.05) is 19.3 Å². The largest absolute Gasteiger partial charge is 0.339 e. The van der Waals surface area contributed by atoms with Crippen molar-refractivity contribution in [2.24, 2.45) is 0 Å². The molecule has 0 N–H and O–H groups in total. The molecule has 112 valence electrons. The summed E-state index contributed by atoms with van der Waals surface area (Å²) < 4.78 is 0.618. The maximum atomic E-state index is 12.5. The van der Waals surface area contributed by atoms with Crippen molar-refractivity contribution in [3.8, 4) is 0 Å². The van der Waals surface area contributed by atoms with E-state index in [1.165, 1.54) is 0 Å². The van der Waals surface area contributed by atoms with E-state index in [0.29, 0.717) is 10.2 Å². The van der Waals surface area contributed by atoms with Gasteiger partial charge in [-0.05, 0) is 61.0 Å². The molecule has 0 aliphatic rings. The molecule has 1 heterocycles. The average molecular weight is 342 g/mol. The lowest BCUT2D eigenvalue weighted by atomic mass is 10.2. The Labute approximate surface area is 130 Å². The van der Waals surface area contributed by atoms with Crippen LogP contribution in [-0.4, -0.2) is 53.4 Å². The van der Waals surface area contributed by atoms with E-state index in [1.807, 2.05) is 17.9 Å². The van der Waals surface area contributed by atoms with Crippen molar-refractivity contribution in [3.05, 3.63) is 28.5 Å². The predicted octanol–water partition coefficient (Wildman–Crippen LogP) is 3.04. The Balaban J connectivity index is 2.58. The number of carbonyl (C=O) groups excluding carboxylic acids is 1. The Morgan fingerprint density at radius 2 is 1.90 bits per heavy atom. The number of hydrogen-bond donors (Lipinski definition) is 0. The SMILES string of the molecule is CCN(CC)CCCN(CC)C(=O)c1cccnc1Br. The molecule has 1 aromatic rings. The molecule has 0 saturated carbocycles. The number of aromatic nitrogens is 1. The molecule has 0 saturated heterocycles. The van der Waals surface area contributed by atoms with Crippen molar-refractivity contribution in [2.75, 3.05) is 32.7 Å². The van der Waals surface area contributed by atoms with Gasteiger partial charge >= 0.3 is 0 Å². The molecule has 1 aromatic heterocycles. The maximum absolute atomic E-state index is 12.5. The molecule has 0 unspecified atom stereocenters. The smallest absolute Gasteiger partial charge is 0.256 e. The average Bonchev–Trinajstić information content (AvgIpc) is 2.47. The van der Waals surface area contributed by atoms with Crippen LogP contribution < -0.4 is 0 Å². The Morgan fingerprint density at radius 1 is 1.20 bits per heavy atom. The normalized spacial score (nSPS) is 10.8. The van der Waals surface area contributed by atoms with Gasteiger partial charge in [0.2, 0.25) is 0 Å². The third-order valence-electron chi connectivity index (χ3n) is 3.46. The van der Waals surface area contributed by atoms with Crippen molar-refractivity contribution in [1.29, 1.82) is 0 Å². The van der Waals surface area contributed by atoms with Crippen molar-refractivity contribution < 1.29 is 4.79 Å². The third-order valence-corrected chi connectivity index (χ3v) is 4.09. The highest BCUT2D eigenvalue weighted by Gasteiger charge is 2.17. The summed E-state index contributed by atoms with van der Waals surface area (Å²) in [6.45, 7) is 11.0. The van der Waals surface area contributed by atoms with Crippen LogP contribution in [0.15, 0.2) is 22.9 Å². The van der Waals surface area contributed by atoms with Crippen LogP contribution >= 0.6 is 15.9 Å². The number of halogens is 1. The van der Waals surface area contributed by atoms with Gasteiger partial charge in [-0.2, -0.15) is 0 Å². The van der Waals surface area contributed by atoms with Gasteiger partial charge in [0.1, 0.15) is 4.60 Å². The van der Waals surface area contributed by atoms with Crippen LogP contribution in [0.3, 0.4) is 0 Å². The summed E-state index contributed by atoms with van der Waals surface area (Å²) in [5, 5.41) is 0. The van der Waals surface area contributed by atoms with Crippen LogP contribution in [0, 0.1) is 0 Å². The fourth-order valence-electron chi connectivity index (χ4n) is 2.14. The van der Waals surface area contributed by atoms with Crippen LogP contribution in [0.4, 0.5) is 0 Å². The van der Waals surface area contributed by atoms with Gasteiger partial charge in [-0.1, -0.05) is 13.8 Å². The van der Waals surface area contributed by atoms with E-state index < -0.39 is 0 Å². The lowest BCUT2D eigenvalue weighted by Gasteiger charge is -2.24. The molecule has 0 aliphatic carbocycles. The molecule has 0 bridgehead atoms. The molecule has 1 rings (SSSR count). The third kappa shape index (κ3) is 4.87. The Kier molecular flexibility index (Phi) is 7.77. The van der Waals surface area contributed by atoms with Crippen molar-refractivity contribution in [1.82, 2.24) is 14.8 Å². The topological polar surface area (TPSA) is 36.4 Å². The van der Waals surface area contributed by atoms with Crippen LogP contribution in [-0.2, 0) is 0 Å². The highest BCUT2D eigenvalue weighted by atomic mass is 79.9. The molecule has 0 radical (unpaired) electrons. The summed E-state index contributed by atoms with van der Waals surface area (Å²) in [4.78, 5) is 20.8. The number of rotatable bonds is 8. The summed E-state index contributed by atoms with van der Waals surface area (Å²) in [5.74, 6) is 0.0482. The Bertz CT molecular complexity index is 421. The molecule has 5 heteroatoms. The zero-order valence-electron chi connectivity index (χ0n) is 12.6. The van der Waals surface area contributed by atoms with E-state index in [4.69, 9.17) is 0 Å². The van der Waals surface area contributed by atoms with Crippen LogP contribution in [0.2, 0.25) is 0 Å².